The van der Waals surface area contributed by atoms with Crippen LogP contribution in [0.15, 0.2) is 48.5 Å². The second kappa shape index (κ2) is 7.67. The summed E-state index contributed by atoms with van der Waals surface area (Å²) in [6.07, 6.45) is 0. The summed E-state index contributed by atoms with van der Waals surface area (Å²) in [6, 6.07) is 13.2. The summed E-state index contributed by atoms with van der Waals surface area (Å²) in [5, 5.41) is 14.4. The van der Waals surface area contributed by atoms with Crippen LogP contribution in [0.25, 0.3) is 0 Å². The number of carbonyl (C=O) groups excluding carboxylic acids is 2. The van der Waals surface area contributed by atoms with Gasteiger partial charge in [-0.2, -0.15) is 0 Å². The number of nitrogens with zero attached hydrogens (tertiary/aromatic N) is 1. The van der Waals surface area contributed by atoms with Crippen molar-refractivity contribution in [2.45, 2.75) is 0 Å². The van der Waals surface area contributed by atoms with E-state index in [0.717, 1.165) is 18.8 Å². The molecular weight excluding hydrogens is 322 g/mol. The van der Waals surface area contributed by atoms with Crippen molar-refractivity contribution < 1.29 is 19.4 Å². The third kappa shape index (κ3) is 4.27. The standard InChI is InChI=1S/C18H19N3O4/c22-14-7-5-13(6-8-14)19-17(23)18(24)20-15-3-1-2-4-16(15)21-9-11-25-12-10-21/h1-8,22H,9-12H2,(H,19,23)(H,20,24). The van der Waals surface area contributed by atoms with Gasteiger partial charge >= 0.3 is 11.8 Å². The highest BCUT2D eigenvalue weighted by Crippen LogP contribution is 2.26. The van der Waals surface area contributed by atoms with E-state index in [1.54, 1.807) is 12.1 Å². The number of nitrogens with one attached hydrogen (secondary N) is 2. The number of amides is 2. The molecule has 2 aromatic rings. The molecule has 7 nitrogen and oxygen atoms in total. The Hall–Kier alpha value is -3.06. The molecule has 0 radical (unpaired) electrons. The normalized spacial score (nSPS) is 14.0. The quantitative estimate of drug-likeness (QED) is 0.585. The second-order valence-corrected chi connectivity index (χ2v) is 5.57. The molecule has 0 aliphatic carbocycles. The van der Waals surface area contributed by atoms with Crippen LogP contribution in [0, 0.1) is 0 Å². The maximum atomic E-state index is 12.2. The number of anilines is 3. The Kier molecular flexibility index (Phi) is 5.15. The molecule has 3 N–H and O–H groups in total. The largest absolute Gasteiger partial charge is 0.508 e. The third-order valence-corrected chi connectivity index (χ3v) is 3.84. The van der Waals surface area contributed by atoms with Gasteiger partial charge in [0.05, 0.1) is 24.6 Å². The number of para-hydroxylation sites is 2. The summed E-state index contributed by atoms with van der Waals surface area (Å²) in [4.78, 5) is 26.4. The van der Waals surface area contributed by atoms with Crippen molar-refractivity contribution in [2.24, 2.45) is 0 Å². The van der Waals surface area contributed by atoms with Crippen molar-refractivity contribution >= 4 is 28.9 Å². The Labute approximate surface area is 145 Å². The highest BCUT2D eigenvalue weighted by Gasteiger charge is 2.19. The van der Waals surface area contributed by atoms with E-state index in [0.29, 0.717) is 24.6 Å². The smallest absolute Gasteiger partial charge is 0.314 e. The maximum absolute atomic E-state index is 12.2. The number of phenolic OH excluding ortho intramolecular Hbond substituents is 1. The Morgan fingerprint density at radius 2 is 1.56 bits per heavy atom. The molecule has 1 aliphatic heterocycles. The van der Waals surface area contributed by atoms with Crippen molar-refractivity contribution in [1.29, 1.82) is 0 Å². The number of carbonyl (C=O) groups is 2. The third-order valence-electron chi connectivity index (χ3n) is 3.84. The minimum atomic E-state index is -0.775. The molecule has 1 fully saturated rings. The summed E-state index contributed by atoms with van der Waals surface area (Å²) in [7, 11) is 0. The monoisotopic (exact) mass is 341 g/mol. The molecule has 0 unspecified atom stereocenters. The van der Waals surface area contributed by atoms with Gasteiger partial charge in [0.2, 0.25) is 0 Å². The molecule has 1 heterocycles. The Bertz CT molecular complexity index is 755. The summed E-state index contributed by atoms with van der Waals surface area (Å²) in [6.45, 7) is 2.71. The minimum Gasteiger partial charge on any atom is -0.508 e. The first-order valence-electron chi connectivity index (χ1n) is 7.96. The van der Waals surface area contributed by atoms with Gasteiger partial charge in [-0.1, -0.05) is 12.1 Å². The predicted octanol–water partition coefficient (Wildman–Crippen LogP) is 1.81. The Morgan fingerprint density at radius 1 is 0.920 bits per heavy atom. The Morgan fingerprint density at radius 3 is 2.28 bits per heavy atom. The maximum Gasteiger partial charge on any atom is 0.314 e. The SMILES string of the molecule is O=C(Nc1ccc(O)cc1)C(=O)Nc1ccccc1N1CCOCC1. The van der Waals surface area contributed by atoms with Crippen LogP contribution < -0.4 is 15.5 Å². The zero-order chi connectivity index (χ0) is 17.6. The number of aromatic hydroxyl groups is 1. The van der Waals surface area contributed by atoms with E-state index >= 15 is 0 Å². The summed E-state index contributed by atoms with van der Waals surface area (Å²) in [5.74, 6) is -1.45. The molecule has 1 aliphatic rings. The molecule has 25 heavy (non-hydrogen) atoms. The molecule has 130 valence electrons. The van der Waals surface area contributed by atoms with Crippen LogP contribution in [0.3, 0.4) is 0 Å². The summed E-state index contributed by atoms with van der Waals surface area (Å²) >= 11 is 0. The lowest BCUT2D eigenvalue weighted by Gasteiger charge is -2.30. The van der Waals surface area contributed by atoms with Crippen LogP contribution in [0.4, 0.5) is 17.1 Å². The lowest BCUT2D eigenvalue weighted by atomic mass is 10.2. The van der Waals surface area contributed by atoms with Crippen molar-refractivity contribution in [1.82, 2.24) is 0 Å². The van der Waals surface area contributed by atoms with Gasteiger partial charge in [-0.15, -0.1) is 0 Å². The van der Waals surface area contributed by atoms with Crippen LogP contribution in [-0.4, -0.2) is 43.2 Å². The van der Waals surface area contributed by atoms with Crippen molar-refractivity contribution in [3.63, 3.8) is 0 Å². The van der Waals surface area contributed by atoms with Crippen LogP contribution in [0.5, 0.6) is 5.75 Å². The lowest BCUT2D eigenvalue weighted by Crippen LogP contribution is -2.37. The topological polar surface area (TPSA) is 90.9 Å². The first kappa shape index (κ1) is 16.8. The number of morpholine rings is 1. The zero-order valence-electron chi connectivity index (χ0n) is 13.6. The van der Waals surface area contributed by atoms with Gasteiger partial charge in [0.25, 0.3) is 0 Å². The molecule has 2 aromatic carbocycles. The first-order valence-corrected chi connectivity index (χ1v) is 7.96. The van der Waals surface area contributed by atoms with Gasteiger partial charge < -0.3 is 25.4 Å². The van der Waals surface area contributed by atoms with Gasteiger partial charge in [0.15, 0.2) is 0 Å². The molecule has 0 bridgehead atoms. The number of hydrogen-bond donors (Lipinski definition) is 3. The molecule has 1 saturated heterocycles. The van der Waals surface area contributed by atoms with Crippen LogP contribution in [-0.2, 0) is 14.3 Å². The summed E-state index contributed by atoms with van der Waals surface area (Å²) in [5.41, 5.74) is 1.87. The summed E-state index contributed by atoms with van der Waals surface area (Å²) < 4.78 is 5.34. The Balaban J connectivity index is 1.68. The lowest BCUT2D eigenvalue weighted by molar-refractivity contribution is -0.132. The van der Waals surface area contributed by atoms with Gasteiger partial charge in [-0.25, -0.2) is 0 Å². The zero-order valence-corrected chi connectivity index (χ0v) is 13.6. The first-order chi connectivity index (χ1) is 12.1. The molecule has 0 aromatic heterocycles. The van der Waals surface area contributed by atoms with Crippen LogP contribution in [0.2, 0.25) is 0 Å². The molecule has 0 atom stereocenters. The van der Waals surface area contributed by atoms with Gasteiger partial charge in [-0.05, 0) is 36.4 Å². The molecule has 3 rings (SSSR count). The fraction of sp³-hybridized carbons (Fsp3) is 0.222. The van der Waals surface area contributed by atoms with E-state index in [1.165, 1.54) is 24.3 Å². The van der Waals surface area contributed by atoms with Crippen molar-refractivity contribution in [2.75, 3.05) is 41.8 Å². The predicted molar refractivity (Wildman–Crippen MR) is 94.8 cm³/mol. The van der Waals surface area contributed by atoms with Crippen molar-refractivity contribution in [3.05, 3.63) is 48.5 Å². The highest BCUT2D eigenvalue weighted by atomic mass is 16.5. The van der Waals surface area contributed by atoms with Gasteiger partial charge in [0.1, 0.15) is 5.75 Å². The van der Waals surface area contributed by atoms with E-state index < -0.39 is 11.8 Å². The average molecular weight is 341 g/mol. The average Bonchev–Trinajstić information content (AvgIpc) is 2.64. The number of phenols is 1. The van der Waals surface area contributed by atoms with Crippen LogP contribution >= 0.6 is 0 Å². The second-order valence-electron chi connectivity index (χ2n) is 5.57. The number of ether oxygens (including phenoxy) is 1. The van der Waals surface area contributed by atoms with E-state index in [1.807, 2.05) is 12.1 Å². The van der Waals surface area contributed by atoms with Crippen molar-refractivity contribution in [3.8, 4) is 5.75 Å². The molecule has 0 saturated carbocycles. The number of benzene rings is 2. The van der Waals surface area contributed by atoms with E-state index in [2.05, 4.69) is 15.5 Å². The molecule has 0 spiro atoms. The van der Waals surface area contributed by atoms with E-state index in [-0.39, 0.29) is 5.75 Å². The molecule has 2 amide bonds. The molecular formula is C18H19N3O4. The number of hydrogen-bond acceptors (Lipinski definition) is 5. The van der Waals surface area contributed by atoms with Gasteiger partial charge in [0, 0.05) is 18.8 Å². The van der Waals surface area contributed by atoms with E-state index in [4.69, 9.17) is 4.74 Å². The van der Waals surface area contributed by atoms with Crippen LogP contribution in [0.1, 0.15) is 0 Å². The van der Waals surface area contributed by atoms with E-state index in [9.17, 15) is 14.7 Å². The highest BCUT2D eigenvalue weighted by molar-refractivity contribution is 6.43. The molecule has 7 heteroatoms. The van der Waals surface area contributed by atoms with Gasteiger partial charge in [-0.3, -0.25) is 9.59 Å². The fourth-order valence-electron chi connectivity index (χ4n) is 2.57. The number of rotatable bonds is 3. The minimum absolute atomic E-state index is 0.0851. The fourth-order valence-corrected chi connectivity index (χ4v) is 2.57.